The minimum absolute atomic E-state index is 0.145. The Morgan fingerprint density at radius 2 is 2.11 bits per heavy atom. The van der Waals surface area contributed by atoms with Gasteiger partial charge in [-0.2, -0.15) is 5.10 Å². The molecule has 3 nitrogen and oxygen atoms in total. The van der Waals surface area contributed by atoms with Crippen LogP contribution in [-0.2, 0) is 0 Å². The van der Waals surface area contributed by atoms with Gasteiger partial charge in [-0.1, -0.05) is 22.9 Å². The smallest absolute Gasteiger partial charge is 0.267 e. The molecule has 0 aromatic heterocycles. The molecule has 1 fully saturated rings. The number of rotatable bonds is 2. The molecule has 1 aromatic carbocycles. The molecule has 1 aliphatic carbocycles. The summed E-state index contributed by atoms with van der Waals surface area (Å²) in [6.07, 6.45) is 4.44. The highest BCUT2D eigenvalue weighted by Gasteiger charge is 2.14. The fraction of sp³-hybridized carbons (Fsp3) is 0.429. The van der Waals surface area contributed by atoms with Crippen LogP contribution in [0.15, 0.2) is 33.8 Å². The third-order valence-corrected chi connectivity index (χ3v) is 3.70. The number of hydrogen-bond acceptors (Lipinski definition) is 2. The van der Waals surface area contributed by atoms with Gasteiger partial charge in [-0.05, 0) is 55.9 Å². The minimum Gasteiger partial charge on any atom is -0.267 e. The molecule has 96 valence electrons. The maximum Gasteiger partial charge on any atom is 0.271 e. The number of nitrogens with zero attached hydrogens (tertiary/aromatic N) is 1. The van der Waals surface area contributed by atoms with Gasteiger partial charge in [-0.15, -0.1) is 0 Å². The molecule has 18 heavy (non-hydrogen) atoms. The third kappa shape index (κ3) is 3.67. The quantitative estimate of drug-likeness (QED) is 0.831. The second kappa shape index (κ2) is 6.14. The van der Waals surface area contributed by atoms with Crippen molar-refractivity contribution in [3.63, 3.8) is 0 Å². The van der Waals surface area contributed by atoms with E-state index in [1.165, 1.54) is 12.8 Å². The van der Waals surface area contributed by atoms with E-state index in [1.807, 2.05) is 12.1 Å². The molecule has 1 aliphatic rings. The first-order valence-corrected chi connectivity index (χ1v) is 7.06. The lowest BCUT2D eigenvalue weighted by Gasteiger charge is -2.18. The van der Waals surface area contributed by atoms with Crippen molar-refractivity contribution in [3.8, 4) is 0 Å². The van der Waals surface area contributed by atoms with E-state index in [0.29, 0.717) is 11.5 Å². The first kappa shape index (κ1) is 13.3. The highest BCUT2D eigenvalue weighted by Crippen LogP contribution is 2.21. The average molecular weight is 309 g/mol. The number of benzene rings is 1. The largest absolute Gasteiger partial charge is 0.271 e. The molecular formula is C14H17BrN2O. The van der Waals surface area contributed by atoms with Crippen LogP contribution in [0.1, 0.15) is 43.0 Å². The third-order valence-electron chi connectivity index (χ3n) is 3.17. The number of halogens is 1. The number of amides is 1. The molecular weight excluding hydrogens is 292 g/mol. The number of carbonyl (C=O) groups excluding carboxylic acids is 1. The normalized spacial score (nSPS) is 21.9. The van der Waals surface area contributed by atoms with E-state index < -0.39 is 0 Å². The fourth-order valence-electron chi connectivity index (χ4n) is 2.16. The van der Waals surface area contributed by atoms with Gasteiger partial charge in [0.05, 0.1) is 0 Å². The van der Waals surface area contributed by atoms with Gasteiger partial charge in [0, 0.05) is 15.7 Å². The summed E-state index contributed by atoms with van der Waals surface area (Å²) in [5.74, 6) is 0.537. The van der Waals surface area contributed by atoms with Gasteiger partial charge < -0.3 is 0 Å². The van der Waals surface area contributed by atoms with Crippen molar-refractivity contribution < 1.29 is 4.79 Å². The van der Waals surface area contributed by atoms with Crippen molar-refractivity contribution in [3.05, 3.63) is 34.3 Å². The lowest BCUT2D eigenvalue weighted by molar-refractivity contribution is 0.0954. The van der Waals surface area contributed by atoms with Crippen LogP contribution in [0, 0.1) is 5.92 Å². The van der Waals surface area contributed by atoms with Gasteiger partial charge in [0.15, 0.2) is 0 Å². The van der Waals surface area contributed by atoms with Gasteiger partial charge in [0.2, 0.25) is 0 Å². The van der Waals surface area contributed by atoms with Gasteiger partial charge in [0.25, 0.3) is 5.91 Å². The zero-order valence-electron chi connectivity index (χ0n) is 10.4. The lowest BCUT2D eigenvalue weighted by atomic mass is 9.89. The van der Waals surface area contributed by atoms with Crippen LogP contribution in [0.4, 0.5) is 0 Å². The molecule has 0 bridgehead atoms. The SMILES string of the molecule is CC1CCC/C(=N/NC(=O)c2ccc(Br)cc2)C1. The summed E-state index contributed by atoms with van der Waals surface area (Å²) < 4.78 is 0.964. The fourth-order valence-corrected chi connectivity index (χ4v) is 2.42. The zero-order chi connectivity index (χ0) is 13.0. The van der Waals surface area contributed by atoms with Crippen LogP contribution in [0.2, 0.25) is 0 Å². The molecule has 1 atom stereocenters. The summed E-state index contributed by atoms with van der Waals surface area (Å²) in [6.45, 7) is 2.23. The van der Waals surface area contributed by atoms with Gasteiger partial charge >= 0.3 is 0 Å². The van der Waals surface area contributed by atoms with E-state index in [1.54, 1.807) is 12.1 Å². The Labute approximate surface area is 116 Å². The van der Waals surface area contributed by atoms with Crippen LogP contribution in [0.25, 0.3) is 0 Å². The molecule has 1 unspecified atom stereocenters. The predicted molar refractivity (Wildman–Crippen MR) is 76.7 cm³/mol. The summed E-state index contributed by atoms with van der Waals surface area (Å²) in [4.78, 5) is 11.8. The van der Waals surface area contributed by atoms with E-state index in [4.69, 9.17) is 0 Å². The zero-order valence-corrected chi connectivity index (χ0v) is 12.0. The van der Waals surface area contributed by atoms with Crippen LogP contribution < -0.4 is 5.43 Å². The van der Waals surface area contributed by atoms with Gasteiger partial charge in [0.1, 0.15) is 0 Å². The highest BCUT2D eigenvalue weighted by molar-refractivity contribution is 9.10. The molecule has 0 spiro atoms. The van der Waals surface area contributed by atoms with Crippen LogP contribution in [0.3, 0.4) is 0 Å². The van der Waals surface area contributed by atoms with Crippen molar-refractivity contribution in [1.82, 2.24) is 5.43 Å². The van der Waals surface area contributed by atoms with Gasteiger partial charge in [-0.3, -0.25) is 4.79 Å². The Bertz CT molecular complexity index is 453. The summed E-state index contributed by atoms with van der Waals surface area (Å²) in [6, 6.07) is 7.27. The molecule has 2 rings (SSSR count). The Morgan fingerprint density at radius 1 is 1.39 bits per heavy atom. The molecule has 1 amide bonds. The Hall–Kier alpha value is -1.16. The average Bonchev–Trinajstić information content (AvgIpc) is 2.37. The molecule has 0 heterocycles. The first-order chi connectivity index (χ1) is 8.65. The van der Waals surface area contributed by atoms with Crippen LogP contribution >= 0.6 is 15.9 Å². The molecule has 4 heteroatoms. The summed E-state index contributed by atoms with van der Waals surface area (Å²) in [7, 11) is 0. The monoisotopic (exact) mass is 308 g/mol. The predicted octanol–water partition coefficient (Wildman–Crippen LogP) is 3.75. The number of hydrogen-bond donors (Lipinski definition) is 1. The maximum absolute atomic E-state index is 11.8. The Kier molecular flexibility index (Phi) is 4.53. The lowest BCUT2D eigenvalue weighted by Crippen LogP contribution is -2.22. The number of hydrazone groups is 1. The standard InChI is InChI=1S/C14H17BrN2O/c1-10-3-2-4-13(9-10)16-17-14(18)11-5-7-12(15)8-6-11/h5-8,10H,2-4,9H2,1H3,(H,17,18)/b16-13-. The molecule has 0 radical (unpaired) electrons. The second-order valence-electron chi connectivity index (χ2n) is 4.83. The van der Waals surface area contributed by atoms with Crippen molar-refractivity contribution >= 4 is 27.5 Å². The van der Waals surface area contributed by atoms with Crippen LogP contribution in [0.5, 0.6) is 0 Å². The number of carbonyl (C=O) groups is 1. The van der Waals surface area contributed by atoms with E-state index in [9.17, 15) is 4.79 Å². The first-order valence-electron chi connectivity index (χ1n) is 6.26. The van der Waals surface area contributed by atoms with Crippen molar-refractivity contribution in [1.29, 1.82) is 0 Å². The Morgan fingerprint density at radius 3 is 2.78 bits per heavy atom. The second-order valence-corrected chi connectivity index (χ2v) is 5.74. The van der Waals surface area contributed by atoms with Crippen molar-refractivity contribution in [2.45, 2.75) is 32.6 Å². The van der Waals surface area contributed by atoms with Crippen LogP contribution in [-0.4, -0.2) is 11.6 Å². The summed E-state index contributed by atoms with van der Waals surface area (Å²) >= 11 is 3.34. The molecule has 1 aromatic rings. The van der Waals surface area contributed by atoms with E-state index in [-0.39, 0.29) is 5.91 Å². The van der Waals surface area contributed by atoms with E-state index in [0.717, 1.165) is 23.0 Å². The highest BCUT2D eigenvalue weighted by atomic mass is 79.9. The molecule has 1 N–H and O–H groups in total. The van der Waals surface area contributed by atoms with Gasteiger partial charge in [-0.25, -0.2) is 5.43 Å². The summed E-state index contributed by atoms with van der Waals surface area (Å²) in [5, 5.41) is 4.24. The van der Waals surface area contributed by atoms with Crippen molar-refractivity contribution in [2.75, 3.05) is 0 Å². The van der Waals surface area contributed by atoms with Crippen molar-refractivity contribution in [2.24, 2.45) is 11.0 Å². The molecule has 0 saturated heterocycles. The summed E-state index contributed by atoms with van der Waals surface area (Å²) in [5.41, 5.74) is 4.38. The van der Waals surface area contributed by atoms with E-state index in [2.05, 4.69) is 33.4 Å². The molecule has 1 saturated carbocycles. The minimum atomic E-state index is -0.145. The topological polar surface area (TPSA) is 41.5 Å². The Balaban J connectivity index is 1.95. The van der Waals surface area contributed by atoms with E-state index >= 15 is 0 Å². The maximum atomic E-state index is 11.8. The molecule has 0 aliphatic heterocycles. The number of nitrogens with one attached hydrogen (secondary N) is 1.